The normalized spacial score (nSPS) is 13.8. The molecule has 0 aliphatic heterocycles. The Hall–Kier alpha value is -1.92. The Morgan fingerprint density at radius 2 is 2.05 bits per heavy atom. The van der Waals surface area contributed by atoms with Crippen LogP contribution < -0.4 is 5.32 Å². The van der Waals surface area contributed by atoms with Gasteiger partial charge in [0, 0.05) is 13.0 Å². The molecule has 0 radical (unpaired) electrons. The second kappa shape index (κ2) is 6.86. The maximum atomic E-state index is 11.7. The van der Waals surface area contributed by atoms with Crippen LogP contribution in [0.1, 0.15) is 49.6 Å². The molecule has 0 saturated carbocycles. The first-order valence-corrected chi connectivity index (χ1v) is 6.24. The summed E-state index contributed by atoms with van der Waals surface area (Å²) in [6.45, 7) is 5.14. The average Bonchev–Trinajstić information content (AvgIpc) is 2.75. The number of aliphatic carboxylic acids is 1. The van der Waals surface area contributed by atoms with Gasteiger partial charge in [-0.25, -0.2) is 0 Å². The van der Waals surface area contributed by atoms with Gasteiger partial charge in [-0.3, -0.25) is 9.59 Å². The molecule has 7 nitrogen and oxygen atoms in total. The lowest BCUT2D eigenvalue weighted by atomic mass is 10.0. The maximum absolute atomic E-state index is 11.7. The zero-order chi connectivity index (χ0) is 14.4. The number of carboxylic acid groups (broad SMARTS) is 1. The summed E-state index contributed by atoms with van der Waals surface area (Å²) < 4.78 is 4.72. The van der Waals surface area contributed by atoms with Gasteiger partial charge in [-0.15, -0.1) is 0 Å². The first-order chi connectivity index (χ1) is 8.90. The van der Waals surface area contributed by atoms with Crippen molar-refractivity contribution >= 4 is 11.9 Å². The third kappa shape index (κ3) is 5.07. The summed E-state index contributed by atoms with van der Waals surface area (Å²) in [6, 6.07) is -0.0627. The number of carbonyl (C=O) groups excluding carboxylic acids is 1. The van der Waals surface area contributed by atoms with E-state index in [-0.39, 0.29) is 23.7 Å². The van der Waals surface area contributed by atoms with Crippen LogP contribution in [0.4, 0.5) is 0 Å². The van der Waals surface area contributed by atoms with Crippen molar-refractivity contribution in [2.45, 2.75) is 46.1 Å². The van der Waals surface area contributed by atoms with Crippen LogP contribution in [0.2, 0.25) is 0 Å². The monoisotopic (exact) mass is 269 g/mol. The Bertz CT molecular complexity index is 444. The molecule has 0 spiro atoms. The summed E-state index contributed by atoms with van der Waals surface area (Å²) in [5.74, 6) is -1.17. The van der Waals surface area contributed by atoms with E-state index in [2.05, 4.69) is 15.5 Å². The van der Waals surface area contributed by atoms with Crippen LogP contribution in [0.3, 0.4) is 0 Å². The molecule has 2 N–H and O–H groups in total. The van der Waals surface area contributed by atoms with Gasteiger partial charge < -0.3 is 14.9 Å². The Labute approximate surface area is 111 Å². The summed E-state index contributed by atoms with van der Waals surface area (Å²) in [4.78, 5) is 26.2. The van der Waals surface area contributed by atoms with Gasteiger partial charge in [-0.05, 0) is 19.8 Å². The fourth-order valence-corrected chi connectivity index (χ4v) is 1.61. The number of hydrogen-bond acceptors (Lipinski definition) is 5. The molecule has 0 fully saturated rings. The summed E-state index contributed by atoms with van der Waals surface area (Å²) >= 11 is 0. The number of amides is 1. The van der Waals surface area contributed by atoms with Crippen molar-refractivity contribution in [1.29, 1.82) is 0 Å². The summed E-state index contributed by atoms with van der Waals surface area (Å²) in [5.41, 5.74) is 0. The lowest BCUT2D eigenvalue weighted by Gasteiger charge is -2.13. The quantitative estimate of drug-likeness (QED) is 0.774. The van der Waals surface area contributed by atoms with E-state index in [9.17, 15) is 9.59 Å². The standard InChI is InChI=1S/C12H19N3O4/c1-7(12(17)18)5-4-6-8(2)13-11(16)10-14-9(3)19-15-10/h7-8H,4-6H2,1-3H3,(H,13,16)(H,17,18). The van der Waals surface area contributed by atoms with Crippen molar-refractivity contribution in [2.75, 3.05) is 0 Å². The second-order valence-corrected chi connectivity index (χ2v) is 4.68. The smallest absolute Gasteiger partial charge is 0.306 e. The van der Waals surface area contributed by atoms with Crippen molar-refractivity contribution in [3.63, 3.8) is 0 Å². The molecule has 7 heteroatoms. The lowest BCUT2D eigenvalue weighted by Crippen LogP contribution is -2.33. The van der Waals surface area contributed by atoms with Gasteiger partial charge in [0.25, 0.3) is 11.7 Å². The second-order valence-electron chi connectivity index (χ2n) is 4.68. The first kappa shape index (κ1) is 15.1. The van der Waals surface area contributed by atoms with Crippen LogP contribution in [0.5, 0.6) is 0 Å². The highest BCUT2D eigenvalue weighted by Gasteiger charge is 2.16. The Morgan fingerprint density at radius 1 is 1.37 bits per heavy atom. The van der Waals surface area contributed by atoms with E-state index in [0.717, 1.165) is 6.42 Å². The maximum Gasteiger partial charge on any atom is 0.306 e. The molecule has 1 aromatic rings. The van der Waals surface area contributed by atoms with Crippen molar-refractivity contribution < 1.29 is 19.2 Å². The molecule has 1 rings (SSSR count). The van der Waals surface area contributed by atoms with Crippen molar-refractivity contribution in [1.82, 2.24) is 15.5 Å². The number of aromatic nitrogens is 2. The molecule has 1 aromatic heterocycles. The highest BCUT2D eigenvalue weighted by molar-refractivity contribution is 5.90. The van der Waals surface area contributed by atoms with Crippen molar-refractivity contribution in [3.8, 4) is 0 Å². The molecule has 106 valence electrons. The first-order valence-electron chi connectivity index (χ1n) is 6.24. The minimum atomic E-state index is -0.793. The summed E-state index contributed by atoms with van der Waals surface area (Å²) in [6.07, 6.45) is 2.04. The Balaban J connectivity index is 2.29. The number of carbonyl (C=O) groups is 2. The molecular weight excluding hydrogens is 250 g/mol. The van der Waals surface area contributed by atoms with E-state index in [1.807, 2.05) is 6.92 Å². The predicted molar refractivity (Wildman–Crippen MR) is 66.6 cm³/mol. The van der Waals surface area contributed by atoms with Crippen LogP contribution >= 0.6 is 0 Å². The highest BCUT2D eigenvalue weighted by atomic mass is 16.5. The van der Waals surface area contributed by atoms with Crippen LogP contribution in [-0.2, 0) is 4.79 Å². The number of nitrogens with zero attached hydrogens (tertiary/aromatic N) is 2. The van der Waals surface area contributed by atoms with Gasteiger partial charge in [0.1, 0.15) is 0 Å². The number of carboxylic acids is 1. The minimum Gasteiger partial charge on any atom is -0.481 e. The fourth-order valence-electron chi connectivity index (χ4n) is 1.61. The average molecular weight is 269 g/mol. The van der Waals surface area contributed by atoms with E-state index >= 15 is 0 Å². The highest BCUT2D eigenvalue weighted by Crippen LogP contribution is 2.09. The topological polar surface area (TPSA) is 105 Å². The fraction of sp³-hybridized carbons (Fsp3) is 0.667. The lowest BCUT2D eigenvalue weighted by molar-refractivity contribution is -0.141. The third-order valence-corrected chi connectivity index (χ3v) is 2.80. The number of nitrogens with one attached hydrogen (secondary N) is 1. The molecule has 0 aromatic carbocycles. The molecule has 2 atom stereocenters. The van der Waals surface area contributed by atoms with Gasteiger partial charge in [-0.2, -0.15) is 4.98 Å². The molecule has 19 heavy (non-hydrogen) atoms. The van der Waals surface area contributed by atoms with Crippen molar-refractivity contribution in [2.24, 2.45) is 5.92 Å². The van der Waals surface area contributed by atoms with Gasteiger partial charge in [0.2, 0.25) is 5.89 Å². The van der Waals surface area contributed by atoms with Crippen LogP contribution in [0, 0.1) is 12.8 Å². The van der Waals surface area contributed by atoms with E-state index in [1.165, 1.54) is 0 Å². The van der Waals surface area contributed by atoms with Crippen LogP contribution in [-0.4, -0.2) is 33.2 Å². The largest absolute Gasteiger partial charge is 0.481 e. The number of rotatable bonds is 7. The van der Waals surface area contributed by atoms with Gasteiger partial charge in [0.05, 0.1) is 5.92 Å². The molecule has 2 unspecified atom stereocenters. The Kier molecular flexibility index (Phi) is 5.47. The molecule has 1 amide bonds. The minimum absolute atomic E-state index is 0.0169. The van der Waals surface area contributed by atoms with E-state index < -0.39 is 5.97 Å². The SMILES string of the molecule is Cc1nc(C(=O)NC(C)CCCC(C)C(=O)O)no1. The predicted octanol–water partition coefficient (Wildman–Crippen LogP) is 1.39. The zero-order valence-corrected chi connectivity index (χ0v) is 11.3. The summed E-state index contributed by atoms with van der Waals surface area (Å²) in [5, 5.41) is 15.0. The van der Waals surface area contributed by atoms with E-state index in [4.69, 9.17) is 9.63 Å². The van der Waals surface area contributed by atoms with E-state index in [1.54, 1.807) is 13.8 Å². The van der Waals surface area contributed by atoms with Gasteiger partial charge in [0.15, 0.2) is 0 Å². The van der Waals surface area contributed by atoms with Gasteiger partial charge >= 0.3 is 5.97 Å². The molecule has 0 aliphatic rings. The summed E-state index contributed by atoms with van der Waals surface area (Å²) in [7, 11) is 0. The van der Waals surface area contributed by atoms with Crippen LogP contribution in [0.15, 0.2) is 4.52 Å². The number of aryl methyl sites for hydroxylation is 1. The molecule has 1 heterocycles. The van der Waals surface area contributed by atoms with Gasteiger partial charge in [-0.1, -0.05) is 18.5 Å². The van der Waals surface area contributed by atoms with Crippen molar-refractivity contribution in [3.05, 3.63) is 11.7 Å². The third-order valence-electron chi connectivity index (χ3n) is 2.80. The zero-order valence-electron chi connectivity index (χ0n) is 11.3. The molecule has 0 saturated heterocycles. The molecule has 0 bridgehead atoms. The Morgan fingerprint density at radius 3 is 2.58 bits per heavy atom. The van der Waals surface area contributed by atoms with E-state index in [0.29, 0.717) is 18.7 Å². The number of hydrogen-bond donors (Lipinski definition) is 2. The molecular formula is C12H19N3O4. The molecule has 0 aliphatic carbocycles. The van der Waals surface area contributed by atoms with Crippen LogP contribution in [0.25, 0.3) is 0 Å².